The van der Waals surface area contributed by atoms with Crippen LogP contribution in [0.25, 0.3) is 0 Å². The average Bonchev–Trinajstić information content (AvgIpc) is 2.90. The molecule has 28 heavy (non-hydrogen) atoms. The van der Waals surface area contributed by atoms with Crippen molar-refractivity contribution in [2.75, 3.05) is 0 Å². The van der Waals surface area contributed by atoms with Crippen molar-refractivity contribution < 1.29 is 4.57 Å². The Balaban J connectivity index is 2.60. The molecule has 0 spiro atoms. The molecule has 144 valence electrons. The van der Waals surface area contributed by atoms with Gasteiger partial charge in [0.05, 0.1) is 19.8 Å². The molecule has 3 rings (SSSR count). The highest BCUT2D eigenvalue weighted by Crippen LogP contribution is 2.18. The van der Waals surface area contributed by atoms with E-state index in [0.717, 1.165) is 5.72 Å². The van der Waals surface area contributed by atoms with E-state index in [1.807, 2.05) is 0 Å². The molecule has 2 aromatic carbocycles. The lowest BCUT2D eigenvalue weighted by molar-refractivity contribution is -0.653. The van der Waals surface area contributed by atoms with Gasteiger partial charge in [0.25, 0.3) is 0 Å². The summed E-state index contributed by atoms with van der Waals surface area (Å²) in [5, 5.41) is 0. The van der Waals surface area contributed by atoms with Gasteiger partial charge in [-0.25, -0.2) is 0 Å². The number of imidazole rings is 1. The van der Waals surface area contributed by atoms with Gasteiger partial charge in [-0.05, 0) is 41.5 Å². The van der Waals surface area contributed by atoms with Crippen LogP contribution in [0.15, 0.2) is 36.7 Å². The first kappa shape index (κ1) is 20.0. The van der Waals surface area contributed by atoms with E-state index in [2.05, 4.69) is 107 Å². The minimum absolute atomic E-state index is 1.16. The number of benzene rings is 2. The summed E-state index contributed by atoms with van der Waals surface area (Å²) < 4.78 is 4.38. The van der Waals surface area contributed by atoms with E-state index in [-0.39, 0.29) is 0 Å². The lowest BCUT2D eigenvalue weighted by atomic mass is 9.16. The zero-order valence-electron chi connectivity index (χ0n) is 18.5. The fourth-order valence-corrected chi connectivity index (χ4v) is 5.60. The Morgan fingerprint density at radius 1 is 0.821 bits per heavy atom. The number of terminal acetylenes is 1. The molecule has 0 aliphatic rings. The van der Waals surface area contributed by atoms with Gasteiger partial charge >= 0.3 is 0 Å². The maximum absolute atomic E-state index is 6.50. The molecule has 0 aliphatic carbocycles. The summed E-state index contributed by atoms with van der Waals surface area (Å²) >= 11 is 0. The average molecular weight is 370 g/mol. The predicted octanol–water partition coefficient (Wildman–Crippen LogP) is 2.34. The fraction of sp³-hybridized carbons (Fsp3) is 0.320. The Bertz CT molecular complexity index is 989. The van der Waals surface area contributed by atoms with E-state index in [9.17, 15) is 0 Å². The minimum Gasteiger partial charge on any atom is -0.291 e. The monoisotopic (exact) mass is 370 g/mol. The third kappa shape index (κ3) is 2.88. The SMILES string of the molecule is C#C[B-](c1c(C)cc(C)cc1C)(c1c(C)cc(C)cc1C)c1n(C)cc[n+]1C. The highest BCUT2D eigenvalue weighted by Gasteiger charge is 2.41. The molecule has 2 nitrogen and oxygen atoms in total. The Kier molecular flexibility index (Phi) is 5.02. The van der Waals surface area contributed by atoms with Crippen LogP contribution in [0.3, 0.4) is 0 Å². The van der Waals surface area contributed by atoms with Gasteiger partial charge < -0.3 is 0 Å². The van der Waals surface area contributed by atoms with Crippen molar-refractivity contribution in [3.8, 4) is 12.2 Å². The molecule has 0 saturated heterocycles. The van der Waals surface area contributed by atoms with Crippen molar-refractivity contribution in [1.82, 2.24) is 4.57 Å². The summed E-state index contributed by atoms with van der Waals surface area (Å²) in [6.45, 7) is 13.1. The van der Waals surface area contributed by atoms with Crippen LogP contribution in [0.1, 0.15) is 33.4 Å². The second kappa shape index (κ2) is 7.02. The zero-order chi connectivity index (χ0) is 20.8. The topological polar surface area (TPSA) is 8.81 Å². The van der Waals surface area contributed by atoms with E-state index in [1.54, 1.807) is 0 Å². The summed E-state index contributed by atoms with van der Waals surface area (Å²) in [5.41, 5.74) is 11.3. The fourth-order valence-electron chi connectivity index (χ4n) is 5.60. The highest BCUT2D eigenvalue weighted by atomic mass is 15.1. The van der Waals surface area contributed by atoms with Crippen molar-refractivity contribution in [2.45, 2.75) is 41.5 Å². The quantitative estimate of drug-likeness (QED) is 0.380. The van der Waals surface area contributed by atoms with E-state index in [4.69, 9.17) is 6.42 Å². The summed E-state index contributed by atoms with van der Waals surface area (Å²) in [6.07, 6.45) is 9.11. The Labute approximate surface area is 170 Å². The van der Waals surface area contributed by atoms with Gasteiger partial charge in [-0.2, -0.15) is 17.3 Å². The number of rotatable bonds is 3. The predicted molar refractivity (Wildman–Crippen MR) is 121 cm³/mol. The molecule has 0 radical (unpaired) electrons. The van der Waals surface area contributed by atoms with Crippen molar-refractivity contribution >= 4 is 22.8 Å². The molecular formula is C25H31BN2. The summed E-state index contributed by atoms with van der Waals surface area (Å²) in [4.78, 5) is 0. The standard InChI is InChI=1S/C25H31BN2/c1-10-26(25-27(8)11-12-28(25)9,23-19(4)13-17(2)14-20(23)5)24-21(6)15-18(3)16-22(24)7/h1,11-16H,2-9H3. The van der Waals surface area contributed by atoms with Gasteiger partial charge in [0.1, 0.15) is 12.4 Å². The first-order chi connectivity index (χ1) is 13.1. The number of hydrogen-bond donors (Lipinski definition) is 0. The molecule has 0 aliphatic heterocycles. The maximum atomic E-state index is 6.50. The van der Waals surface area contributed by atoms with E-state index in [1.165, 1.54) is 44.3 Å². The smallest absolute Gasteiger partial charge is 0.242 e. The van der Waals surface area contributed by atoms with Crippen LogP contribution >= 0.6 is 0 Å². The molecule has 0 N–H and O–H groups in total. The largest absolute Gasteiger partial charge is 0.291 e. The van der Waals surface area contributed by atoms with E-state index in [0.29, 0.717) is 0 Å². The van der Waals surface area contributed by atoms with Crippen LogP contribution < -0.4 is 21.2 Å². The summed E-state index contributed by atoms with van der Waals surface area (Å²) in [7, 11) is 4.20. The van der Waals surface area contributed by atoms with E-state index >= 15 is 0 Å². The maximum Gasteiger partial charge on any atom is 0.242 e. The zero-order valence-corrected chi connectivity index (χ0v) is 18.5. The Morgan fingerprint density at radius 3 is 1.50 bits per heavy atom. The number of nitrogens with zero attached hydrogens (tertiary/aromatic N) is 2. The lowest BCUT2D eigenvalue weighted by Gasteiger charge is -2.40. The first-order valence-electron chi connectivity index (χ1n) is 9.94. The highest BCUT2D eigenvalue weighted by molar-refractivity contribution is 7.16. The molecule has 0 fully saturated rings. The van der Waals surface area contributed by atoms with Gasteiger partial charge in [0.2, 0.25) is 6.15 Å². The van der Waals surface area contributed by atoms with Crippen molar-refractivity contribution in [1.29, 1.82) is 0 Å². The van der Waals surface area contributed by atoms with Crippen LogP contribution in [0, 0.1) is 53.8 Å². The third-order valence-electron chi connectivity index (χ3n) is 6.22. The van der Waals surface area contributed by atoms with E-state index < -0.39 is 6.15 Å². The molecule has 0 amide bonds. The lowest BCUT2D eigenvalue weighted by Crippen LogP contribution is -2.77. The number of aromatic nitrogens is 2. The molecule has 1 heterocycles. The van der Waals surface area contributed by atoms with Crippen LogP contribution in [-0.4, -0.2) is 10.7 Å². The number of hydrogen-bond acceptors (Lipinski definition) is 0. The minimum atomic E-state index is -1.59. The van der Waals surface area contributed by atoms with Gasteiger partial charge in [-0.15, -0.1) is 0 Å². The molecular weight excluding hydrogens is 339 g/mol. The van der Waals surface area contributed by atoms with Crippen LogP contribution in [0.5, 0.6) is 0 Å². The molecule has 1 aromatic heterocycles. The van der Waals surface area contributed by atoms with Gasteiger partial charge in [0.15, 0.2) is 0 Å². The molecule has 0 atom stereocenters. The van der Waals surface area contributed by atoms with Crippen molar-refractivity contribution in [2.24, 2.45) is 14.1 Å². The molecule has 3 heteroatoms. The number of aryl methyl sites for hydroxylation is 8. The van der Waals surface area contributed by atoms with Crippen LogP contribution in [0.2, 0.25) is 0 Å². The van der Waals surface area contributed by atoms with Gasteiger partial charge in [-0.1, -0.05) is 57.6 Å². The first-order valence-corrected chi connectivity index (χ1v) is 9.94. The summed E-state index contributed by atoms with van der Waals surface area (Å²) in [5.74, 6) is 3.36. The van der Waals surface area contributed by atoms with Gasteiger partial charge in [0, 0.05) is 0 Å². The molecule has 0 bridgehead atoms. The summed E-state index contributed by atoms with van der Waals surface area (Å²) in [6, 6.07) is 9.05. The third-order valence-corrected chi connectivity index (χ3v) is 6.22. The molecule has 0 saturated carbocycles. The molecule has 0 unspecified atom stereocenters. The van der Waals surface area contributed by atoms with Gasteiger partial charge in [-0.3, -0.25) is 15.0 Å². The second-order valence-electron chi connectivity index (χ2n) is 8.54. The molecule has 3 aromatic rings. The van der Waals surface area contributed by atoms with Crippen molar-refractivity contribution in [3.63, 3.8) is 0 Å². The second-order valence-corrected chi connectivity index (χ2v) is 8.54. The van der Waals surface area contributed by atoms with Crippen molar-refractivity contribution in [3.05, 3.63) is 70.0 Å². The van der Waals surface area contributed by atoms with Crippen LogP contribution in [-0.2, 0) is 14.1 Å². The Hall–Kier alpha value is -2.73. The normalized spacial score (nSPS) is 11.5. The van der Waals surface area contributed by atoms with Crippen LogP contribution in [0.4, 0.5) is 0 Å². The Morgan fingerprint density at radius 2 is 1.21 bits per heavy atom.